The number of benzene rings is 1. The fourth-order valence-electron chi connectivity index (χ4n) is 1.99. The molecule has 17 heavy (non-hydrogen) atoms. The molecule has 0 aliphatic carbocycles. The molecule has 0 fully saturated rings. The predicted octanol–water partition coefficient (Wildman–Crippen LogP) is 3.60. The second-order valence-corrected chi connectivity index (χ2v) is 4.58. The molecule has 1 heterocycles. The van der Waals surface area contributed by atoms with Gasteiger partial charge in [0, 0.05) is 17.1 Å². The molecule has 2 nitrogen and oxygen atoms in total. The summed E-state index contributed by atoms with van der Waals surface area (Å²) in [6.45, 7) is 7.48. The molecule has 0 radical (unpaired) electrons. The molecule has 0 saturated carbocycles. The Morgan fingerprint density at radius 2 is 2.06 bits per heavy atom. The van der Waals surface area contributed by atoms with Crippen molar-refractivity contribution in [1.29, 1.82) is 0 Å². The SMILES string of the molecule is CCCNC(C)c1ccc2nc(C)ccc2c1. The number of hydrogen-bond donors (Lipinski definition) is 1. The van der Waals surface area contributed by atoms with E-state index in [1.54, 1.807) is 0 Å². The molecule has 0 aliphatic rings. The highest BCUT2D eigenvalue weighted by molar-refractivity contribution is 5.79. The van der Waals surface area contributed by atoms with Crippen LogP contribution in [0.15, 0.2) is 30.3 Å². The summed E-state index contributed by atoms with van der Waals surface area (Å²) in [7, 11) is 0. The lowest BCUT2D eigenvalue weighted by molar-refractivity contribution is 0.571. The van der Waals surface area contributed by atoms with Crippen LogP contribution in [0.4, 0.5) is 0 Å². The van der Waals surface area contributed by atoms with Crippen molar-refractivity contribution in [2.75, 3.05) is 6.54 Å². The van der Waals surface area contributed by atoms with Crippen molar-refractivity contribution in [2.24, 2.45) is 0 Å². The Bertz CT molecular complexity index is 505. The highest BCUT2D eigenvalue weighted by Crippen LogP contribution is 2.19. The van der Waals surface area contributed by atoms with Crippen molar-refractivity contribution in [2.45, 2.75) is 33.2 Å². The van der Waals surface area contributed by atoms with E-state index in [2.05, 4.69) is 54.5 Å². The lowest BCUT2D eigenvalue weighted by Gasteiger charge is -2.14. The van der Waals surface area contributed by atoms with Crippen LogP contribution < -0.4 is 5.32 Å². The number of pyridine rings is 1. The molecule has 1 aromatic carbocycles. The minimum Gasteiger partial charge on any atom is -0.310 e. The van der Waals surface area contributed by atoms with Crippen molar-refractivity contribution >= 4 is 10.9 Å². The summed E-state index contributed by atoms with van der Waals surface area (Å²) in [5.41, 5.74) is 3.48. The van der Waals surface area contributed by atoms with E-state index in [9.17, 15) is 0 Å². The molecule has 0 amide bonds. The molecule has 0 spiro atoms. The van der Waals surface area contributed by atoms with Gasteiger partial charge in [0.05, 0.1) is 5.52 Å². The van der Waals surface area contributed by atoms with Gasteiger partial charge in [-0.05, 0) is 50.6 Å². The molecule has 2 rings (SSSR count). The maximum absolute atomic E-state index is 4.52. The molecule has 1 aromatic heterocycles. The third-order valence-electron chi connectivity index (χ3n) is 3.05. The summed E-state index contributed by atoms with van der Waals surface area (Å²) >= 11 is 0. The van der Waals surface area contributed by atoms with Crippen LogP contribution in [0.1, 0.15) is 37.6 Å². The second kappa shape index (κ2) is 5.28. The fraction of sp³-hybridized carbons (Fsp3) is 0.400. The largest absolute Gasteiger partial charge is 0.310 e. The Morgan fingerprint density at radius 1 is 1.24 bits per heavy atom. The molecule has 2 aromatic rings. The Kier molecular flexibility index (Phi) is 3.75. The van der Waals surface area contributed by atoms with Crippen molar-refractivity contribution in [1.82, 2.24) is 10.3 Å². The van der Waals surface area contributed by atoms with Crippen molar-refractivity contribution in [3.8, 4) is 0 Å². The number of hydrogen-bond acceptors (Lipinski definition) is 2. The van der Waals surface area contributed by atoms with Crippen LogP contribution in [-0.2, 0) is 0 Å². The fourth-order valence-corrected chi connectivity index (χ4v) is 1.99. The summed E-state index contributed by atoms with van der Waals surface area (Å²) in [4.78, 5) is 4.52. The summed E-state index contributed by atoms with van der Waals surface area (Å²) in [5.74, 6) is 0. The Labute approximate surface area is 103 Å². The van der Waals surface area contributed by atoms with Crippen LogP contribution >= 0.6 is 0 Å². The molecule has 1 atom stereocenters. The molecule has 0 saturated heterocycles. The maximum Gasteiger partial charge on any atom is 0.0705 e. The van der Waals surface area contributed by atoms with E-state index in [0.717, 1.165) is 17.8 Å². The Hall–Kier alpha value is -1.41. The average Bonchev–Trinajstić information content (AvgIpc) is 2.35. The van der Waals surface area contributed by atoms with Crippen LogP contribution in [-0.4, -0.2) is 11.5 Å². The molecule has 1 N–H and O–H groups in total. The zero-order valence-corrected chi connectivity index (χ0v) is 10.8. The first-order valence-electron chi connectivity index (χ1n) is 6.31. The standard InChI is InChI=1S/C15H20N2/c1-4-9-16-12(3)13-7-8-15-14(10-13)6-5-11(2)17-15/h5-8,10,12,16H,4,9H2,1-3H3. The summed E-state index contributed by atoms with van der Waals surface area (Å²) in [5, 5.41) is 4.72. The van der Waals surface area contributed by atoms with Gasteiger partial charge in [0.15, 0.2) is 0 Å². The number of nitrogens with zero attached hydrogens (tertiary/aromatic N) is 1. The Morgan fingerprint density at radius 3 is 2.82 bits per heavy atom. The van der Waals surface area contributed by atoms with E-state index in [4.69, 9.17) is 0 Å². The van der Waals surface area contributed by atoms with E-state index >= 15 is 0 Å². The van der Waals surface area contributed by atoms with Gasteiger partial charge in [-0.3, -0.25) is 4.98 Å². The smallest absolute Gasteiger partial charge is 0.0705 e. The number of fused-ring (bicyclic) bond motifs is 1. The zero-order chi connectivity index (χ0) is 12.3. The second-order valence-electron chi connectivity index (χ2n) is 4.58. The lowest BCUT2D eigenvalue weighted by Crippen LogP contribution is -2.19. The first kappa shape index (κ1) is 12.1. The van der Waals surface area contributed by atoms with Crippen LogP contribution in [0.2, 0.25) is 0 Å². The normalized spacial score (nSPS) is 12.9. The first-order valence-corrected chi connectivity index (χ1v) is 6.31. The van der Waals surface area contributed by atoms with E-state index < -0.39 is 0 Å². The van der Waals surface area contributed by atoms with E-state index in [-0.39, 0.29) is 0 Å². The molecular weight excluding hydrogens is 208 g/mol. The monoisotopic (exact) mass is 228 g/mol. The highest BCUT2D eigenvalue weighted by atomic mass is 14.9. The van der Waals surface area contributed by atoms with Crippen molar-refractivity contribution in [3.05, 3.63) is 41.6 Å². The van der Waals surface area contributed by atoms with Crippen molar-refractivity contribution < 1.29 is 0 Å². The van der Waals surface area contributed by atoms with E-state index in [0.29, 0.717) is 6.04 Å². The highest BCUT2D eigenvalue weighted by Gasteiger charge is 2.05. The zero-order valence-electron chi connectivity index (χ0n) is 10.8. The first-order chi connectivity index (χ1) is 8.20. The van der Waals surface area contributed by atoms with E-state index in [1.807, 2.05) is 6.92 Å². The van der Waals surface area contributed by atoms with Crippen LogP contribution in [0.5, 0.6) is 0 Å². The third kappa shape index (κ3) is 2.83. The van der Waals surface area contributed by atoms with Gasteiger partial charge in [0.25, 0.3) is 0 Å². The molecule has 0 bridgehead atoms. The van der Waals surface area contributed by atoms with Gasteiger partial charge >= 0.3 is 0 Å². The number of nitrogens with one attached hydrogen (secondary N) is 1. The van der Waals surface area contributed by atoms with Gasteiger partial charge in [-0.15, -0.1) is 0 Å². The molecule has 0 aliphatic heterocycles. The molecule has 1 unspecified atom stereocenters. The summed E-state index contributed by atoms with van der Waals surface area (Å²) < 4.78 is 0. The van der Waals surface area contributed by atoms with Gasteiger partial charge in [0.1, 0.15) is 0 Å². The van der Waals surface area contributed by atoms with Gasteiger partial charge in [0.2, 0.25) is 0 Å². The Balaban J connectivity index is 2.28. The van der Waals surface area contributed by atoms with Crippen LogP contribution in [0.25, 0.3) is 10.9 Å². The summed E-state index contributed by atoms with van der Waals surface area (Å²) in [6, 6.07) is 11.1. The van der Waals surface area contributed by atoms with Gasteiger partial charge in [-0.2, -0.15) is 0 Å². The van der Waals surface area contributed by atoms with Crippen LogP contribution in [0, 0.1) is 6.92 Å². The topological polar surface area (TPSA) is 24.9 Å². The average molecular weight is 228 g/mol. The minimum absolute atomic E-state index is 0.403. The third-order valence-corrected chi connectivity index (χ3v) is 3.05. The predicted molar refractivity (Wildman–Crippen MR) is 73.2 cm³/mol. The molecule has 2 heteroatoms. The van der Waals surface area contributed by atoms with E-state index in [1.165, 1.54) is 17.4 Å². The van der Waals surface area contributed by atoms with Gasteiger partial charge in [-0.25, -0.2) is 0 Å². The molecule has 90 valence electrons. The van der Waals surface area contributed by atoms with Crippen LogP contribution in [0.3, 0.4) is 0 Å². The van der Waals surface area contributed by atoms with Gasteiger partial charge in [-0.1, -0.05) is 19.1 Å². The number of rotatable bonds is 4. The van der Waals surface area contributed by atoms with Gasteiger partial charge < -0.3 is 5.32 Å². The molecular formula is C15H20N2. The quantitative estimate of drug-likeness (QED) is 0.864. The minimum atomic E-state index is 0.403. The number of aryl methyl sites for hydroxylation is 1. The van der Waals surface area contributed by atoms with Crippen molar-refractivity contribution in [3.63, 3.8) is 0 Å². The summed E-state index contributed by atoms with van der Waals surface area (Å²) in [6.07, 6.45) is 1.17. The lowest BCUT2D eigenvalue weighted by atomic mass is 10.1. The maximum atomic E-state index is 4.52. The number of aromatic nitrogens is 1.